The monoisotopic (exact) mass is 466 g/mol. The summed E-state index contributed by atoms with van der Waals surface area (Å²) in [5.41, 5.74) is 3.60. The molecule has 0 radical (unpaired) electrons. The lowest BCUT2D eigenvalue weighted by Gasteiger charge is -2.39. The van der Waals surface area contributed by atoms with Crippen LogP contribution in [0.5, 0.6) is 0 Å². The van der Waals surface area contributed by atoms with Crippen LogP contribution in [0.3, 0.4) is 0 Å². The molecular weight excluding hydrogens is 432 g/mol. The van der Waals surface area contributed by atoms with E-state index in [1.807, 2.05) is 18.2 Å². The Morgan fingerprint density at radius 1 is 0.657 bits per heavy atom. The zero-order valence-corrected chi connectivity index (χ0v) is 20.2. The van der Waals surface area contributed by atoms with Gasteiger partial charge in [0.2, 0.25) is 0 Å². The molecular formula is C31H34N2O2. The lowest BCUT2D eigenvalue weighted by molar-refractivity contribution is 0.0183. The maximum Gasteiger partial charge on any atom is 0.102 e. The van der Waals surface area contributed by atoms with Gasteiger partial charge in [0, 0.05) is 32.7 Å². The molecule has 0 bridgehead atoms. The Morgan fingerprint density at radius 3 is 1.91 bits per heavy atom. The summed E-state index contributed by atoms with van der Waals surface area (Å²) in [6, 6.07) is 36.2. The molecule has 1 fully saturated rings. The van der Waals surface area contributed by atoms with E-state index < -0.39 is 6.10 Å². The lowest BCUT2D eigenvalue weighted by atomic mass is 9.96. The van der Waals surface area contributed by atoms with E-state index in [2.05, 4.69) is 94.7 Å². The topological polar surface area (TPSA) is 35.9 Å². The van der Waals surface area contributed by atoms with Crippen molar-refractivity contribution in [1.29, 1.82) is 0 Å². The standard InChI is InChI=1S/C31H34N2O2/c34-30(29-16-15-25-9-7-8-14-28(25)23-29)24-35-22-21-32-17-19-33(20-18-32)31(26-10-3-1-4-11-26)27-12-5-2-6-13-27/h1-16,23,30-31,34H,17-22,24H2. The van der Waals surface area contributed by atoms with Crippen molar-refractivity contribution < 1.29 is 9.84 Å². The van der Waals surface area contributed by atoms with Crippen molar-refractivity contribution in [3.8, 4) is 0 Å². The molecule has 4 aromatic carbocycles. The number of aliphatic hydroxyl groups excluding tert-OH is 1. The smallest absolute Gasteiger partial charge is 0.102 e. The van der Waals surface area contributed by atoms with E-state index in [0.29, 0.717) is 13.2 Å². The molecule has 1 atom stereocenters. The normalized spacial score (nSPS) is 16.1. The second-order valence-electron chi connectivity index (χ2n) is 9.30. The molecule has 1 unspecified atom stereocenters. The molecule has 1 aliphatic rings. The minimum Gasteiger partial charge on any atom is -0.386 e. The third-order valence-corrected chi connectivity index (χ3v) is 6.99. The number of ether oxygens (including phenoxy) is 1. The summed E-state index contributed by atoms with van der Waals surface area (Å²) in [5, 5.41) is 12.9. The Kier molecular flexibility index (Phi) is 7.86. The fraction of sp³-hybridized carbons (Fsp3) is 0.290. The van der Waals surface area contributed by atoms with Crippen molar-refractivity contribution >= 4 is 10.8 Å². The van der Waals surface area contributed by atoms with Crippen molar-refractivity contribution in [2.75, 3.05) is 45.9 Å². The maximum absolute atomic E-state index is 10.6. The summed E-state index contributed by atoms with van der Waals surface area (Å²) in [7, 11) is 0. The lowest BCUT2D eigenvalue weighted by Crippen LogP contribution is -2.48. The molecule has 1 N–H and O–H groups in total. The summed E-state index contributed by atoms with van der Waals surface area (Å²) < 4.78 is 5.87. The Bertz CT molecular complexity index is 1150. The predicted octanol–water partition coefficient (Wildman–Crippen LogP) is 5.30. The van der Waals surface area contributed by atoms with Crippen LogP contribution < -0.4 is 0 Å². The molecule has 180 valence electrons. The van der Waals surface area contributed by atoms with Gasteiger partial charge in [0.15, 0.2) is 0 Å². The first-order valence-corrected chi connectivity index (χ1v) is 12.6. The van der Waals surface area contributed by atoms with Gasteiger partial charge < -0.3 is 9.84 Å². The molecule has 1 aliphatic heterocycles. The Labute approximate surface area is 208 Å². The van der Waals surface area contributed by atoms with Crippen LogP contribution in [-0.4, -0.2) is 60.8 Å². The van der Waals surface area contributed by atoms with Crippen LogP contribution in [0, 0.1) is 0 Å². The fourth-order valence-corrected chi connectivity index (χ4v) is 5.03. The third-order valence-electron chi connectivity index (χ3n) is 6.99. The number of aliphatic hydroxyl groups is 1. The maximum atomic E-state index is 10.6. The quantitative estimate of drug-likeness (QED) is 0.340. The SMILES string of the molecule is OC(COCCN1CCN(C(c2ccccc2)c2ccccc2)CC1)c1ccc2ccccc2c1. The molecule has 0 spiro atoms. The second kappa shape index (κ2) is 11.6. The zero-order valence-electron chi connectivity index (χ0n) is 20.2. The van der Waals surface area contributed by atoms with E-state index in [1.165, 1.54) is 16.5 Å². The van der Waals surface area contributed by atoms with Gasteiger partial charge in [0.25, 0.3) is 0 Å². The van der Waals surface area contributed by atoms with Gasteiger partial charge >= 0.3 is 0 Å². The van der Waals surface area contributed by atoms with Crippen LogP contribution in [0.25, 0.3) is 10.8 Å². The predicted molar refractivity (Wildman–Crippen MR) is 142 cm³/mol. The van der Waals surface area contributed by atoms with E-state index >= 15 is 0 Å². The fourth-order valence-electron chi connectivity index (χ4n) is 5.03. The molecule has 0 amide bonds. The van der Waals surface area contributed by atoms with Crippen LogP contribution in [-0.2, 0) is 4.74 Å². The van der Waals surface area contributed by atoms with E-state index in [1.54, 1.807) is 0 Å². The largest absolute Gasteiger partial charge is 0.386 e. The van der Waals surface area contributed by atoms with Gasteiger partial charge in [0.1, 0.15) is 6.10 Å². The summed E-state index contributed by atoms with van der Waals surface area (Å²) in [6.45, 7) is 5.93. The van der Waals surface area contributed by atoms with E-state index in [-0.39, 0.29) is 6.04 Å². The van der Waals surface area contributed by atoms with Crippen LogP contribution in [0.1, 0.15) is 28.8 Å². The van der Waals surface area contributed by atoms with Gasteiger partial charge in [-0.25, -0.2) is 0 Å². The van der Waals surface area contributed by atoms with Gasteiger partial charge in [-0.1, -0.05) is 97.1 Å². The highest BCUT2D eigenvalue weighted by Crippen LogP contribution is 2.29. The van der Waals surface area contributed by atoms with Crippen molar-refractivity contribution in [3.63, 3.8) is 0 Å². The number of hydrogen-bond acceptors (Lipinski definition) is 4. The second-order valence-corrected chi connectivity index (χ2v) is 9.30. The molecule has 1 heterocycles. The molecule has 0 aliphatic carbocycles. The molecule has 0 saturated carbocycles. The average molecular weight is 467 g/mol. The average Bonchev–Trinajstić information content (AvgIpc) is 2.93. The first-order valence-electron chi connectivity index (χ1n) is 12.6. The number of benzene rings is 4. The number of fused-ring (bicyclic) bond motifs is 1. The van der Waals surface area contributed by atoms with Crippen molar-refractivity contribution in [3.05, 3.63) is 120 Å². The van der Waals surface area contributed by atoms with Crippen LogP contribution in [0.2, 0.25) is 0 Å². The molecule has 0 aromatic heterocycles. The summed E-state index contributed by atoms with van der Waals surface area (Å²) in [5.74, 6) is 0. The number of nitrogens with zero attached hydrogens (tertiary/aromatic N) is 2. The van der Waals surface area contributed by atoms with E-state index in [9.17, 15) is 5.11 Å². The van der Waals surface area contributed by atoms with Gasteiger partial charge in [-0.15, -0.1) is 0 Å². The summed E-state index contributed by atoms with van der Waals surface area (Å²) in [4.78, 5) is 5.05. The van der Waals surface area contributed by atoms with E-state index in [0.717, 1.165) is 43.7 Å². The Hall–Kier alpha value is -3.02. The summed E-state index contributed by atoms with van der Waals surface area (Å²) >= 11 is 0. The van der Waals surface area contributed by atoms with Gasteiger partial charge in [-0.2, -0.15) is 0 Å². The first-order chi connectivity index (χ1) is 17.3. The van der Waals surface area contributed by atoms with Crippen LogP contribution in [0.4, 0.5) is 0 Å². The zero-order chi connectivity index (χ0) is 23.9. The Morgan fingerprint density at radius 2 is 1.26 bits per heavy atom. The highest BCUT2D eigenvalue weighted by atomic mass is 16.5. The first kappa shape index (κ1) is 23.7. The summed E-state index contributed by atoms with van der Waals surface area (Å²) in [6.07, 6.45) is -0.603. The minimum absolute atomic E-state index is 0.285. The van der Waals surface area contributed by atoms with Gasteiger partial charge in [-0.3, -0.25) is 9.80 Å². The molecule has 4 nitrogen and oxygen atoms in total. The molecule has 4 aromatic rings. The van der Waals surface area contributed by atoms with Crippen molar-refractivity contribution in [2.24, 2.45) is 0 Å². The number of piperazine rings is 1. The van der Waals surface area contributed by atoms with Crippen molar-refractivity contribution in [1.82, 2.24) is 9.80 Å². The van der Waals surface area contributed by atoms with Crippen molar-refractivity contribution in [2.45, 2.75) is 12.1 Å². The highest BCUT2D eigenvalue weighted by Gasteiger charge is 2.26. The third kappa shape index (κ3) is 5.98. The van der Waals surface area contributed by atoms with E-state index in [4.69, 9.17) is 4.74 Å². The van der Waals surface area contributed by atoms with Gasteiger partial charge in [0.05, 0.1) is 19.3 Å². The molecule has 1 saturated heterocycles. The number of rotatable bonds is 9. The molecule has 5 rings (SSSR count). The minimum atomic E-state index is -0.603. The van der Waals surface area contributed by atoms with Crippen LogP contribution >= 0.6 is 0 Å². The molecule has 4 heteroatoms. The van der Waals surface area contributed by atoms with Crippen LogP contribution in [0.15, 0.2) is 103 Å². The molecule has 35 heavy (non-hydrogen) atoms. The highest BCUT2D eigenvalue weighted by molar-refractivity contribution is 5.83. The van der Waals surface area contributed by atoms with Gasteiger partial charge in [-0.05, 0) is 33.5 Å². The Balaban J connectivity index is 1.10. The number of hydrogen-bond donors (Lipinski definition) is 1.